The molecule has 0 aliphatic heterocycles. The molecule has 0 radical (unpaired) electrons. The molecular weight excluding hydrogens is 352 g/mol. The average molecular weight is 385 g/mol. The van der Waals surface area contributed by atoms with Crippen molar-refractivity contribution >= 4 is 18.3 Å². The summed E-state index contributed by atoms with van der Waals surface area (Å²) in [5, 5.41) is 3.04. The Morgan fingerprint density at radius 2 is 1.88 bits per heavy atom. The largest absolute Gasteiger partial charge is 0.493 e. The highest BCUT2D eigenvalue weighted by molar-refractivity contribution is 5.85. The van der Waals surface area contributed by atoms with E-state index in [9.17, 15) is 4.79 Å². The number of nitrogens with one attached hydrogen (secondary N) is 1. The van der Waals surface area contributed by atoms with E-state index in [1.54, 1.807) is 7.11 Å². The number of amides is 1. The standard InChI is InChI=1S/C20H32N2O3.ClH/c1-4-20(5-2,14-21)19(23)22-13-15-10-11-17(24-3)18(12-15)25-16-8-6-7-9-16;/h10-12,16H,4-9,13-14,21H2,1-3H3,(H,22,23);1H. The highest BCUT2D eigenvalue weighted by atomic mass is 35.5. The van der Waals surface area contributed by atoms with Crippen molar-refractivity contribution in [3.05, 3.63) is 23.8 Å². The van der Waals surface area contributed by atoms with Crippen LogP contribution < -0.4 is 20.5 Å². The Bertz CT molecular complexity index is 562. The van der Waals surface area contributed by atoms with Crippen molar-refractivity contribution in [2.24, 2.45) is 11.1 Å². The fourth-order valence-corrected chi connectivity index (χ4v) is 3.43. The summed E-state index contributed by atoms with van der Waals surface area (Å²) in [6.07, 6.45) is 6.38. The van der Waals surface area contributed by atoms with Gasteiger partial charge in [-0.05, 0) is 56.2 Å². The van der Waals surface area contributed by atoms with Gasteiger partial charge in [-0.3, -0.25) is 4.79 Å². The Morgan fingerprint density at radius 1 is 1.23 bits per heavy atom. The molecule has 1 amide bonds. The average Bonchev–Trinajstić information content (AvgIpc) is 3.15. The fourth-order valence-electron chi connectivity index (χ4n) is 3.43. The maximum Gasteiger partial charge on any atom is 0.227 e. The molecule has 5 nitrogen and oxygen atoms in total. The van der Waals surface area contributed by atoms with Crippen molar-refractivity contribution in [3.63, 3.8) is 0 Å². The Morgan fingerprint density at radius 3 is 2.42 bits per heavy atom. The van der Waals surface area contributed by atoms with Crippen LogP contribution in [0.5, 0.6) is 11.5 Å². The van der Waals surface area contributed by atoms with Crippen molar-refractivity contribution in [2.75, 3.05) is 13.7 Å². The van der Waals surface area contributed by atoms with Crippen molar-refractivity contribution in [3.8, 4) is 11.5 Å². The summed E-state index contributed by atoms with van der Waals surface area (Å²) >= 11 is 0. The zero-order valence-corrected chi connectivity index (χ0v) is 17.0. The normalized spacial score (nSPS) is 14.6. The molecule has 26 heavy (non-hydrogen) atoms. The van der Waals surface area contributed by atoms with Gasteiger partial charge in [0.05, 0.1) is 18.6 Å². The van der Waals surface area contributed by atoms with Crippen molar-refractivity contribution < 1.29 is 14.3 Å². The maximum absolute atomic E-state index is 12.6. The fraction of sp³-hybridized carbons (Fsp3) is 0.650. The minimum absolute atomic E-state index is 0. The Hall–Kier alpha value is -1.46. The van der Waals surface area contributed by atoms with E-state index in [4.69, 9.17) is 15.2 Å². The van der Waals surface area contributed by atoms with Gasteiger partial charge in [0.15, 0.2) is 11.5 Å². The van der Waals surface area contributed by atoms with Gasteiger partial charge in [-0.15, -0.1) is 12.4 Å². The third-order valence-corrected chi connectivity index (χ3v) is 5.50. The van der Waals surface area contributed by atoms with Crippen LogP contribution in [0, 0.1) is 5.41 Å². The molecule has 1 aliphatic rings. The quantitative estimate of drug-likeness (QED) is 0.678. The molecule has 2 rings (SSSR count). The number of nitrogens with two attached hydrogens (primary N) is 1. The van der Waals surface area contributed by atoms with Gasteiger partial charge >= 0.3 is 0 Å². The van der Waals surface area contributed by atoms with Crippen LogP contribution in [0.3, 0.4) is 0 Å². The number of rotatable bonds is 9. The predicted molar refractivity (Wildman–Crippen MR) is 107 cm³/mol. The monoisotopic (exact) mass is 384 g/mol. The van der Waals surface area contributed by atoms with E-state index in [-0.39, 0.29) is 24.4 Å². The first-order chi connectivity index (χ1) is 12.1. The van der Waals surface area contributed by atoms with Crippen LogP contribution in [0.25, 0.3) is 0 Å². The summed E-state index contributed by atoms with van der Waals surface area (Å²) in [6, 6.07) is 5.84. The van der Waals surface area contributed by atoms with Crippen LogP contribution in [-0.4, -0.2) is 25.7 Å². The van der Waals surface area contributed by atoms with E-state index in [1.807, 2.05) is 32.0 Å². The molecule has 148 valence electrons. The van der Waals surface area contributed by atoms with Crippen LogP contribution in [0.4, 0.5) is 0 Å². The molecule has 0 aromatic heterocycles. The lowest BCUT2D eigenvalue weighted by Gasteiger charge is -2.28. The second-order valence-electron chi connectivity index (χ2n) is 6.88. The van der Waals surface area contributed by atoms with Crippen LogP contribution in [0.2, 0.25) is 0 Å². The summed E-state index contributed by atoms with van der Waals surface area (Å²) < 4.78 is 11.5. The number of methoxy groups -OCH3 is 1. The van der Waals surface area contributed by atoms with Crippen LogP contribution in [0.1, 0.15) is 57.9 Å². The molecule has 1 aliphatic carbocycles. The number of ether oxygens (including phenoxy) is 2. The summed E-state index contributed by atoms with van der Waals surface area (Å²) in [5.74, 6) is 1.52. The van der Waals surface area contributed by atoms with Gasteiger partial charge in [0, 0.05) is 13.1 Å². The second kappa shape index (κ2) is 10.6. The molecule has 0 atom stereocenters. The highest BCUT2D eigenvalue weighted by Crippen LogP contribution is 2.32. The maximum atomic E-state index is 12.6. The minimum Gasteiger partial charge on any atom is -0.493 e. The van der Waals surface area contributed by atoms with E-state index in [2.05, 4.69) is 5.32 Å². The first kappa shape index (κ1) is 22.6. The van der Waals surface area contributed by atoms with Gasteiger partial charge in [0.1, 0.15) is 0 Å². The number of halogens is 1. The van der Waals surface area contributed by atoms with E-state index >= 15 is 0 Å². The molecule has 1 aromatic rings. The first-order valence-electron chi connectivity index (χ1n) is 9.40. The van der Waals surface area contributed by atoms with Gasteiger partial charge in [0.25, 0.3) is 0 Å². The topological polar surface area (TPSA) is 73.6 Å². The molecule has 6 heteroatoms. The van der Waals surface area contributed by atoms with E-state index in [1.165, 1.54) is 12.8 Å². The van der Waals surface area contributed by atoms with Crippen molar-refractivity contribution in [1.29, 1.82) is 0 Å². The molecule has 1 saturated carbocycles. The zero-order valence-electron chi connectivity index (χ0n) is 16.2. The number of carbonyl (C=O) groups is 1. The van der Waals surface area contributed by atoms with Gasteiger partial charge in [-0.1, -0.05) is 19.9 Å². The number of hydrogen-bond acceptors (Lipinski definition) is 4. The number of carbonyl (C=O) groups excluding carboxylic acids is 1. The lowest BCUT2D eigenvalue weighted by molar-refractivity contribution is -0.131. The lowest BCUT2D eigenvalue weighted by atomic mass is 9.81. The van der Waals surface area contributed by atoms with Gasteiger partial charge in [0.2, 0.25) is 5.91 Å². The third kappa shape index (κ3) is 5.27. The Labute approximate surface area is 163 Å². The molecule has 0 spiro atoms. The number of benzene rings is 1. The minimum atomic E-state index is -0.477. The molecule has 3 N–H and O–H groups in total. The molecule has 1 fully saturated rings. The molecule has 1 aromatic carbocycles. The summed E-state index contributed by atoms with van der Waals surface area (Å²) in [4.78, 5) is 12.6. The Balaban J connectivity index is 0.00000338. The summed E-state index contributed by atoms with van der Waals surface area (Å²) in [7, 11) is 1.65. The van der Waals surface area contributed by atoms with Gasteiger partial charge in [-0.2, -0.15) is 0 Å². The zero-order chi connectivity index (χ0) is 18.3. The van der Waals surface area contributed by atoms with E-state index < -0.39 is 5.41 Å². The Kier molecular flexibility index (Phi) is 9.23. The lowest BCUT2D eigenvalue weighted by Crippen LogP contribution is -2.45. The molecule has 0 bridgehead atoms. The highest BCUT2D eigenvalue weighted by Gasteiger charge is 2.33. The smallest absolute Gasteiger partial charge is 0.227 e. The van der Waals surface area contributed by atoms with Crippen LogP contribution in [0.15, 0.2) is 18.2 Å². The third-order valence-electron chi connectivity index (χ3n) is 5.50. The van der Waals surface area contributed by atoms with E-state index in [0.717, 1.165) is 42.7 Å². The predicted octanol–water partition coefficient (Wildman–Crippen LogP) is 3.82. The van der Waals surface area contributed by atoms with Crippen molar-refractivity contribution in [2.45, 2.75) is 65.0 Å². The second-order valence-corrected chi connectivity index (χ2v) is 6.88. The summed E-state index contributed by atoms with van der Waals surface area (Å²) in [5.41, 5.74) is 6.38. The van der Waals surface area contributed by atoms with Crippen LogP contribution in [-0.2, 0) is 11.3 Å². The summed E-state index contributed by atoms with van der Waals surface area (Å²) in [6.45, 7) is 4.85. The first-order valence-corrected chi connectivity index (χ1v) is 9.40. The van der Waals surface area contributed by atoms with Crippen LogP contribution >= 0.6 is 12.4 Å². The molecule has 0 saturated heterocycles. The molecule has 0 unspecified atom stereocenters. The number of hydrogen-bond donors (Lipinski definition) is 2. The SMILES string of the molecule is CCC(CC)(CN)C(=O)NCc1ccc(OC)c(OC2CCCC2)c1.Cl. The van der Waals surface area contributed by atoms with Gasteiger partial charge < -0.3 is 20.5 Å². The van der Waals surface area contributed by atoms with Crippen molar-refractivity contribution in [1.82, 2.24) is 5.32 Å². The van der Waals surface area contributed by atoms with Gasteiger partial charge in [-0.25, -0.2) is 0 Å². The molecular formula is C20H33ClN2O3. The van der Waals surface area contributed by atoms with E-state index in [0.29, 0.717) is 13.1 Å². The molecule has 0 heterocycles.